The van der Waals surface area contributed by atoms with E-state index in [1.54, 1.807) is 4.90 Å². The first-order chi connectivity index (χ1) is 13.3. The summed E-state index contributed by atoms with van der Waals surface area (Å²) in [6.45, 7) is 7.66. The van der Waals surface area contributed by atoms with Crippen LogP contribution in [0.2, 0.25) is 0 Å². The fourth-order valence-corrected chi connectivity index (χ4v) is 5.19. The predicted molar refractivity (Wildman–Crippen MR) is 108 cm³/mol. The van der Waals surface area contributed by atoms with Gasteiger partial charge in [0.15, 0.2) is 0 Å². The summed E-state index contributed by atoms with van der Waals surface area (Å²) in [6.07, 6.45) is 7.18. The van der Waals surface area contributed by atoms with Gasteiger partial charge in [-0.2, -0.15) is 5.12 Å². The van der Waals surface area contributed by atoms with Crippen LogP contribution >= 0.6 is 0 Å². The second kappa shape index (κ2) is 9.37. The van der Waals surface area contributed by atoms with Crippen molar-refractivity contribution in [1.29, 1.82) is 0 Å². The van der Waals surface area contributed by atoms with E-state index in [2.05, 4.69) is 15.6 Å². The zero-order chi connectivity index (χ0) is 20.3. The number of amides is 1. The number of nitrogens with one attached hydrogen (secondary N) is 1. The third kappa shape index (κ3) is 4.86. The largest absolute Gasteiger partial charge is 0.375 e. The Labute approximate surface area is 169 Å². The summed E-state index contributed by atoms with van der Waals surface area (Å²) >= 11 is 0. The molecule has 3 fully saturated rings. The smallest absolute Gasteiger partial charge is 0.242 e. The van der Waals surface area contributed by atoms with Crippen molar-refractivity contribution in [3.8, 4) is 0 Å². The van der Waals surface area contributed by atoms with Gasteiger partial charge in [-0.3, -0.25) is 4.79 Å². The van der Waals surface area contributed by atoms with Crippen molar-refractivity contribution in [1.82, 2.24) is 20.5 Å². The number of ether oxygens (including phenoxy) is 1. The molecule has 162 valence electrons. The van der Waals surface area contributed by atoms with E-state index in [9.17, 15) is 9.18 Å². The maximum Gasteiger partial charge on any atom is 0.242 e. The first kappa shape index (κ1) is 21.9. The van der Waals surface area contributed by atoms with Crippen LogP contribution in [0.25, 0.3) is 0 Å². The van der Waals surface area contributed by atoms with Gasteiger partial charge < -0.3 is 9.64 Å². The summed E-state index contributed by atoms with van der Waals surface area (Å²) < 4.78 is 20.4. The Hall–Kier alpha value is -0.760. The lowest BCUT2D eigenvalue weighted by molar-refractivity contribution is -0.151. The summed E-state index contributed by atoms with van der Waals surface area (Å²) in [7, 11) is 2.04. The first-order valence-electron chi connectivity index (χ1n) is 11.1. The normalized spacial score (nSPS) is 33.6. The molecule has 0 aromatic carbocycles. The van der Waals surface area contributed by atoms with Gasteiger partial charge in [0, 0.05) is 38.2 Å². The molecule has 6 nitrogen and oxygen atoms in total. The second-order valence-corrected chi connectivity index (χ2v) is 9.46. The van der Waals surface area contributed by atoms with E-state index >= 15 is 0 Å². The predicted octanol–water partition coefficient (Wildman–Crippen LogP) is 2.75. The van der Waals surface area contributed by atoms with Crippen molar-refractivity contribution in [2.45, 2.75) is 90.1 Å². The Bertz CT molecular complexity index is 525. The highest BCUT2D eigenvalue weighted by Gasteiger charge is 2.47. The molecule has 2 saturated heterocycles. The number of hydrazine groups is 2. The van der Waals surface area contributed by atoms with Gasteiger partial charge in [-0.05, 0) is 19.8 Å². The van der Waals surface area contributed by atoms with Crippen molar-refractivity contribution in [2.24, 2.45) is 5.41 Å². The van der Waals surface area contributed by atoms with Crippen LogP contribution in [0.3, 0.4) is 0 Å². The van der Waals surface area contributed by atoms with E-state index in [1.165, 1.54) is 32.1 Å². The molecule has 2 aliphatic heterocycles. The molecule has 28 heavy (non-hydrogen) atoms. The Balaban J connectivity index is 1.62. The number of hydrogen-bond donors (Lipinski definition) is 1. The monoisotopic (exact) mass is 398 g/mol. The summed E-state index contributed by atoms with van der Waals surface area (Å²) in [4.78, 5) is 14.9. The van der Waals surface area contributed by atoms with Gasteiger partial charge in [0.2, 0.25) is 5.91 Å². The van der Waals surface area contributed by atoms with Gasteiger partial charge in [0.25, 0.3) is 0 Å². The molecular weight excluding hydrogens is 359 g/mol. The molecule has 1 unspecified atom stereocenters. The quantitative estimate of drug-likeness (QED) is 0.789. The van der Waals surface area contributed by atoms with Crippen LogP contribution in [0.5, 0.6) is 0 Å². The summed E-state index contributed by atoms with van der Waals surface area (Å²) in [6, 6.07) is 0.138. The van der Waals surface area contributed by atoms with Crippen molar-refractivity contribution >= 4 is 5.91 Å². The third-order valence-corrected chi connectivity index (χ3v) is 6.57. The van der Waals surface area contributed by atoms with Crippen LogP contribution in [0.1, 0.15) is 65.7 Å². The minimum absolute atomic E-state index is 0.00543. The molecule has 0 aromatic heterocycles. The lowest BCUT2D eigenvalue weighted by Gasteiger charge is -2.46. The SMILES string of the molecule is CCO[C@@H]1[C@H](F)CN(C(=O)C2CN(C)N(C3CCCCCCC3)N2)CC1(C)C. The zero-order valence-corrected chi connectivity index (χ0v) is 18.1. The van der Waals surface area contributed by atoms with Gasteiger partial charge in [0.05, 0.1) is 12.6 Å². The highest BCUT2D eigenvalue weighted by Crippen LogP contribution is 2.34. The second-order valence-electron chi connectivity index (χ2n) is 9.46. The maximum absolute atomic E-state index is 14.8. The molecular formula is C21H39FN4O2. The minimum Gasteiger partial charge on any atom is -0.375 e. The fourth-order valence-electron chi connectivity index (χ4n) is 5.19. The van der Waals surface area contributed by atoms with Crippen LogP contribution in [0.15, 0.2) is 0 Å². The van der Waals surface area contributed by atoms with E-state index in [-0.39, 0.29) is 18.5 Å². The van der Waals surface area contributed by atoms with Crippen molar-refractivity contribution in [3.05, 3.63) is 0 Å². The minimum atomic E-state index is -1.14. The highest BCUT2D eigenvalue weighted by atomic mass is 19.1. The number of rotatable bonds is 4. The molecule has 2 heterocycles. The molecule has 1 N–H and O–H groups in total. The molecule has 0 bridgehead atoms. The van der Waals surface area contributed by atoms with Crippen LogP contribution in [-0.4, -0.2) is 78.6 Å². The van der Waals surface area contributed by atoms with Gasteiger partial charge in [-0.1, -0.05) is 46.0 Å². The standard InChI is InChI=1S/C21H39FN4O2/c1-5-28-19-17(22)13-25(15-21(19,2)3)20(27)18-14-24(4)26(23-18)16-11-9-7-6-8-10-12-16/h16-19,23H,5-15H2,1-4H3/t17-,18?,19-/m1/s1. The molecule has 0 spiro atoms. The van der Waals surface area contributed by atoms with Crippen LogP contribution in [-0.2, 0) is 9.53 Å². The van der Waals surface area contributed by atoms with Gasteiger partial charge in [0.1, 0.15) is 12.2 Å². The fraction of sp³-hybridized carbons (Fsp3) is 0.952. The average molecular weight is 399 g/mol. The molecule has 7 heteroatoms. The molecule has 0 radical (unpaired) electrons. The summed E-state index contributed by atoms with van der Waals surface area (Å²) in [5.74, 6) is 0.00543. The molecule has 1 aliphatic carbocycles. The summed E-state index contributed by atoms with van der Waals surface area (Å²) in [5.41, 5.74) is 3.05. The summed E-state index contributed by atoms with van der Waals surface area (Å²) in [5, 5.41) is 4.32. The highest BCUT2D eigenvalue weighted by molar-refractivity contribution is 5.82. The number of alkyl halides is 1. The Morgan fingerprint density at radius 2 is 1.79 bits per heavy atom. The molecule has 0 aromatic rings. The topological polar surface area (TPSA) is 48.1 Å². The van der Waals surface area contributed by atoms with Gasteiger partial charge in [-0.25, -0.2) is 14.8 Å². The Kier molecular flexibility index (Phi) is 7.34. The number of carbonyl (C=O) groups is 1. The van der Waals surface area contributed by atoms with Crippen molar-refractivity contribution in [2.75, 3.05) is 33.3 Å². The van der Waals surface area contributed by atoms with E-state index < -0.39 is 17.7 Å². The van der Waals surface area contributed by atoms with E-state index in [1.807, 2.05) is 27.8 Å². The number of likely N-dealkylation sites (tertiary alicyclic amines) is 1. The Morgan fingerprint density at radius 1 is 1.14 bits per heavy atom. The number of likely N-dealkylation sites (N-methyl/N-ethyl adjacent to an activating group) is 1. The number of piperidine rings is 1. The molecule has 3 rings (SSSR count). The molecule has 1 saturated carbocycles. The Morgan fingerprint density at radius 3 is 2.39 bits per heavy atom. The lowest BCUT2D eigenvalue weighted by atomic mass is 9.80. The number of nitrogens with zero attached hydrogens (tertiary/aromatic N) is 3. The van der Waals surface area contributed by atoms with Crippen LogP contribution in [0.4, 0.5) is 4.39 Å². The number of halogens is 1. The lowest BCUT2D eigenvalue weighted by Crippen LogP contribution is -2.61. The third-order valence-electron chi connectivity index (χ3n) is 6.57. The van der Waals surface area contributed by atoms with E-state index in [4.69, 9.17) is 4.74 Å². The maximum atomic E-state index is 14.8. The molecule has 1 amide bonds. The van der Waals surface area contributed by atoms with Gasteiger partial charge in [-0.15, -0.1) is 0 Å². The van der Waals surface area contributed by atoms with E-state index in [0.717, 1.165) is 12.8 Å². The van der Waals surface area contributed by atoms with Gasteiger partial charge >= 0.3 is 0 Å². The number of carbonyl (C=O) groups excluding carboxylic acids is 1. The van der Waals surface area contributed by atoms with Crippen molar-refractivity contribution < 1.29 is 13.9 Å². The van der Waals surface area contributed by atoms with E-state index in [0.29, 0.717) is 25.7 Å². The van der Waals surface area contributed by atoms with Crippen molar-refractivity contribution in [3.63, 3.8) is 0 Å². The van der Waals surface area contributed by atoms with Crippen LogP contribution < -0.4 is 5.43 Å². The number of hydrogen-bond acceptors (Lipinski definition) is 5. The zero-order valence-electron chi connectivity index (χ0n) is 18.1. The van der Waals surface area contributed by atoms with Crippen LogP contribution in [0, 0.1) is 5.41 Å². The molecule has 3 aliphatic rings. The molecule has 3 atom stereocenters. The first-order valence-corrected chi connectivity index (χ1v) is 11.1. The average Bonchev–Trinajstić information content (AvgIpc) is 2.98.